The predicted octanol–water partition coefficient (Wildman–Crippen LogP) is 2.56. The van der Waals surface area contributed by atoms with E-state index in [4.69, 9.17) is 5.73 Å². The van der Waals surface area contributed by atoms with Gasteiger partial charge in [-0.15, -0.1) is 0 Å². The molecule has 116 valence electrons. The van der Waals surface area contributed by atoms with Crippen LogP contribution in [-0.4, -0.2) is 40.9 Å². The molecule has 2 rings (SSSR count). The van der Waals surface area contributed by atoms with Gasteiger partial charge in [0.2, 0.25) is 5.91 Å². The molecule has 1 aliphatic rings. The van der Waals surface area contributed by atoms with Crippen LogP contribution in [0.4, 0.5) is 15.8 Å². The molecule has 2 unspecified atom stereocenters. The Morgan fingerprint density at radius 3 is 3.00 bits per heavy atom. The van der Waals surface area contributed by atoms with Crippen molar-refractivity contribution >= 4 is 29.0 Å². The monoisotopic (exact) mass is 311 g/mol. The van der Waals surface area contributed by atoms with Gasteiger partial charge >= 0.3 is 0 Å². The SMILES string of the molecule is CC1SCCN(CCC(=O)Nc2ccc(F)cc2N)C1C. The fourth-order valence-corrected chi connectivity index (χ4v) is 3.58. The zero-order valence-electron chi connectivity index (χ0n) is 12.4. The molecular weight excluding hydrogens is 289 g/mol. The summed E-state index contributed by atoms with van der Waals surface area (Å²) in [5.74, 6) is 0.614. The quantitative estimate of drug-likeness (QED) is 0.839. The van der Waals surface area contributed by atoms with Crippen molar-refractivity contribution in [3.63, 3.8) is 0 Å². The zero-order chi connectivity index (χ0) is 15.4. The standard InChI is InChI=1S/C15H22FN3OS/c1-10-11(2)21-8-7-19(10)6-5-15(20)18-14-4-3-12(16)9-13(14)17/h3-4,9-11H,5-8,17H2,1-2H3,(H,18,20). The van der Waals surface area contributed by atoms with Crippen molar-refractivity contribution in [2.24, 2.45) is 0 Å². The summed E-state index contributed by atoms with van der Waals surface area (Å²) in [4.78, 5) is 14.3. The molecule has 1 amide bonds. The maximum absolute atomic E-state index is 13.0. The number of benzene rings is 1. The van der Waals surface area contributed by atoms with E-state index < -0.39 is 5.82 Å². The average Bonchev–Trinajstić information content (AvgIpc) is 2.43. The first-order valence-electron chi connectivity index (χ1n) is 7.18. The molecule has 4 nitrogen and oxygen atoms in total. The number of hydrogen-bond donors (Lipinski definition) is 2. The van der Waals surface area contributed by atoms with Crippen LogP contribution in [0.3, 0.4) is 0 Å². The van der Waals surface area contributed by atoms with E-state index in [1.54, 1.807) is 0 Å². The Morgan fingerprint density at radius 1 is 1.52 bits per heavy atom. The molecule has 0 aliphatic carbocycles. The fourth-order valence-electron chi connectivity index (χ4n) is 2.42. The van der Waals surface area contributed by atoms with Gasteiger partial charge in [-0.3, -0.25) is 9.69 Å². The van der Waals surface area contributed by atoms with Gasteiger partial charge in [-0.25, -0.2) is 4.39 Å². The van der Waals surface area contributed by atoms with Crippen molar-refractivity contribution in [1.82, 2.24) is 4.90 Å². The molecule has 1 aliphatic heterocycles. The lowest BCUT2D eigenvalue weighted by Gasteiger charge is -2.37. The molecule has 0 radical (unpaired) electrons. The van der Waals surface area contributed by atoms with E-state index in [-0.39, 0.29) is 11.6 Å². The number of amides is 1. The Kier molecular flexibility index (Phi) is 5.47. The fraction of sp³-hybridized carbons (Fsp3) is 0.533. The van der Waals surface area contributed by atoms with E-state index in [1.807, 2.05) is 11.8 Å². The molecule has 21 heavy (non-hydrogen) atoms. The molecule has 6 heteroatoms. The predicted molar refractivity (Wildman–Crippen MR) is 87.0 cm³/mol. The largest absolute Gasteiger partial charge is 0.397 e. The second-order valence-electron chi connectivity index (χ2n) is 5.38. The second kappa shape index (κ2) is 7.13. The second-order valence-corrected chi connectivity index (χ2v) is 6.87. The molecule has 1 heterocycles. The van der Waals surface area contributed by atoms with Crippen LogP contribution in [0.5, 0.6) is 0 Å². The summed E-state index contributed by atoms with van der Waals surface area (Å²) in [5, 5.41) is 3.33. The number of carbonyl (C=O) groups is 1. The molecule has 2 atom stereocenters. The lowest BCUT2D eigenvalue weighted by Crippen LogP contribution is -2.45. The maximum atomic E-state index is 13.0. The lowest BCUT2D eigenvalue weighted by atomic mass is 10.2. The highest BCUT2D eigenvalue weighted by Gasteiger charge is 2.25. The normalized spacial score (nSPS) is 23.0. The van der Waals surface area contributed by atoms with E-state index in [2.05, 4.69) is 24.1 Å². The molecule has 0 spiro atoms. The lowest BCUT2D eigenvalue weighted by molar-refractivity contribution is -0.116. The Hall–Kier alpha value is -1.27. The zero-order valence-corrected chi connectivity index (χ0v) is 13.3. The summed E-state index contributed by atoms with van der Waals surface area (Å²) in [6.45, 7) is 6.18. The minimum Gasteiger partial charge on any atom is -0.397 e. The van der Waals surface area contributed by atoms with Crippen LogP contribution in [0.1, 0.15) is 20.3 Å². The highest BCUT2D eigenvalue weighted by Crippen LogP contribution is 2.24. The average molecular weight is 311 g/mol. The third-order valence-corrected chi connectivity index (χ3v) is 5.27. The van der Waals surface area contributed by atoms with Crippen molar-refractivity contribution in [1.29, 1.82) is 0 Å². The number of nitrogens with two attached hydrogens (primary N) is 1. The summed E-state index contributed by atoms with van der Waals surface area (Å²) in [7, 11) is 0. The molecule has 1 aromatic rings. The molecule has 0 saturated carbocycles. The first-order valence-corrected chi connectivity index (χ1v) is 8.23. The van der Waals surface area contributed by atoms with Crippen LogP contribution in [0.25, 0.3) is 0 Å². The van der Waals surface area contributed by atoms with Gasteiger partial charge in [-0.1, -0.05) is 6.92 Å². The van der Waals surface area contributed by atoms with Crippen molar-refractivity contribution in [3.8, 4) is 0 Å². The van der Waals surface area contributed by atoms with E-state index >= 15 is 0 Å². The summed E-state index contributed by atoms with van der Waals surface area (Å²) in [6.07, 6.45) is 0.415. The van der Waals surface area contributed by atoms with Crippen molar-refractivity contribution in [2.75, 3.05) is 29.9 Å². The Balaban J connectivity index is 1.84. The van der Waals surface area contributed by atoms with Crippen LogP contribution in [0, 0.1) is 5.82 Å². The minimum atomic E-state index is -0.404. The summed E-state index contributed by atoms with van der Waals surface area (Å²) >= 11 is 1.98. The molecule has 3 N–H and O–H groups in total. The highest BCUT2D eigenvalue weighted by molar-refractivity contribution is 8.00. The van der Waals surface area contributed by atoms with Gasteiger partial charge in [0.25, 0.3) is 0 Å². The van der Waals surface area contributed by atoms with Crippen LogP contribution in [-0.2, 0) is 4.79 Å². The maximum Gasteiger partial charge on any atom is 0.225 e. The van der Waals surface area contributed by atoms with Gasteiger partial charge in [0.1, 0.15) is 5.82 Å². The van der Waals surface area contributed by atoms with Crippen LogP contribution >= 0.6 is 11.8 Å². The summed E-state index contributed by atoms with van der Waals surface area (Å²) < 4.78 is 13.0. The number of hydrogen-bond acceptors (Lipinski definition) is 4. The number of carbonyl (C=O) groups excluding carboxylic acids is 1. The number of halogens is 1. The van der Waals surface area contributed by atoms with Gasteiger partial charge < -0.3 is 11.1 Å². The van der Waals surface area contributed by atoms with Crippen LogP contribution < -0.4 is 11.1 Å². The van der Waals surface area contributed by atoms with Crippen LogP contribution in [0.2, 0.25) is 0 Å². The van der Waals surface area contributed by atoms with Crippen molar-refractivity contribution in [2.45, 2.75) is 31.6 Å². The molecule has 1 aromatic carbocycles. The molecular formula is C15H22FN3OS. The number of nitrogens with one attached hydrogen (secondary N) is 1. The highest BCUT2D eigenvalue weighted by atomic mass is 32.2. The molecule has 0 bridgehead atoms. The molecule has 1 saturated heterocycles. The number of rotatable bonds is 4. The van der Waals surface area contributed by atoms with Crippen molar-refractivity contribution < 1.29 is 9.18 Å². The van der Waals surface area contributed by atoms with Gasteiger partial charge in [0.15, 0.2) is 0 Å². The van der Waals surface area contributed by atoms with Crippen LogP contribution in [0.15, 0.2) is 18.2 Å². The third kappa shape index (κ3) is 4.35. The van der Waals surface area contributed by atoms with Gasteiger partial charge in [-0.2, -0.15) is 11.8 Å². The summed E-state index contributed by atoms with van der Waals surface area (Å²) in [6, 6.07) is 4.47. The van der Waals surface area contributed by atoms with Gasteiger partial charge in [0, 0.05) is 36.6 Å². The van der Waals surface area contributed by atoms with E-state index in [1.165, 1.54) is 18.2 Å². The topological polar surface area (TPSA) is 58.4 Å². The Bertz CT molecular complexity index is 512. The Labute approximate surface area is 129 Å². The number of anilines is 2. The number of nitrogens with zero attached hydrogens (tertiary/aromatic N) is 1. The Morgan fingerprint density at radius 2 is 2.29 bits per heavy atom. The van der Waals surface area contributed by atoms with E-state index in [9.17, 15) is 9.18 Å². The van der Waals surface area contributed by atoms with Gasteiger partial charge in [-0.05, 0) is 25.1 Å². The van der Waals surface area contributed by atoms with E-state index in [0.717, 1.165) is 18.8 Å². The number of thioether (sulfide) groups is 1. The third-order valence-electron chi connectivity index (χ3n) is 3.93. The molecule has 1 fully saturated rings. The van der Waals surface area contributed by atoms with E-state index in [0.29, 0.717) is 23.4 Å². The first-order chi connectivity index (χ1) is 9.97. The number of nitrogen functional groups attached to an aromatic ring is 1. The first kappa shape index (κ1) is 16.1. The summed E-state index contributed by atoms with van der Waals surface area (Å²) in [5.41, 5.74) is 6.40. The van der Waals surface area contributed by atoms with Crippen molar-refractivity contribution in [3.05, 3.63) is 24.0 Å². The smallest absolute Gasteiger partial charge is 0.225 e. The molecule has 0 aromatic heterocycles. The minimum absolute atomic E-state index is 0.0913. The van der Waals surface area contributed by atoms with Gasteiger partial charge in [0.05, 0.1) is 11.4 Å².